The monoisotopic (exact) mass is 1090 g/mol. The number of carbonyl (C=O) groups excluding carboxylic acids is 2. The van der Waals surface area contributed by atoms with Crippen molar-refractivity contribution in [2.45, 2.75) is 322 Å². The van der Waals surface area contributed by atoms with Crippen molar-refractivity contribution >= 4 is 19.8 Å². The molecule has 0 aromatic carbocycles. The summed E-state index contributed by atoms with van der Waals surface area (Å²) in [6.07, 6.45) is 78.8. The van der Waals surface area contributed by atoms with E-state index in [1.165, 1.54) is 218 Å². The number of allylic oxidation sites excluding steroid dienone is 10. The summed E-state index contributed by atoms with van der Waals surface area (Å²) in [4.78, 5) is 35.2. The van der Waals surface area contributed by atoms with Crippen molar-refractivity contribution in [1.82, 2.24) is 0 Å². The molecule has 9 nitrogen and oxygen atoms in total. The predicted molar refractivity (Wildman–Crippen MR) is 326 cm³/mol. The number of hydrogen-bond acceptors (Lipinski definition) is 8. The summed E-state index contributed by atoms with van der Waals surface area (Å²) in [6.45, 7) is 3.68. The Kier molecular flexibility index (Phi) is 60.0. The fraction of sp³-hybridized carbons (Fsp3) is 0.818. The minimum atomic E-state index is -4.38. The SMILES string of the molecule is CC/C=C\C/C=C\C/C=C\C/C=C\C/C=C\CCCCCCCCCCCCCCCCCCCCCCCCCC(=O)OC(COC(=O)CCCCCCCCCCCCCCCCCC)COP(=O)(O)OCCN. The predicted octanol–water partition coefficient (Wildman–Crippen LogP) is 20.7. The molecule has 10 heteroatoms. The normalized spacial score (nSPS) is 13.4. The third-order valence-electron chi connectivity index (χ3n) is 14.2. The standard InChI is InChI=1S/C66H122NO8P/c1-3-5-7-9-11-13-15-17-19-21-22-23-24-25-26-27-28-29-30-31-32-33-34-35-36-37-38-39-40-41-42-43-45-47-49-51-53-55-57-59-66(69)75-64(63-74-76(70,71)73-61-60-67)62-72-65(68)58-56-54-52-50-48-46-44-20-18-16-14-12-10-8-6-4-2/h5,7,11,13,17,19,22-23,25-26,64H,3-4,6,8-10,12,14-16,18,20-21,24,27-63,67H2,1-2H3,(H,70,71)/b7-5-,13-11-,19-17-,23-22-,26-25-. The minimum Gasteiger partial charge on any atom is -0.462 e. The Balaban J connectivity index is 3.78. The second-order valence-corrected chi connectivity index (χ2v) is 23.1. The molecule has 76 heavy (non-hydrogen) atoms. The van der Waals surface area contributed by atoms with Gasteiger partial charge in [-0.3, -0.25) is 18.6 Å². The molecule has 0 aliphatic carbocycles. The van der Waals surface area contributed by atoms with E-state index < -0.39 is 26.5 Å². The summed E-state index contributed by atoms with van der Waals surface area (Å²) in [5, 5.41) is 0. The molecule has 2 unspecified atom stereocenters. The number of hydrogen-bond donors (Lipinski definition) is 2. The molecular formula is C66H122NO8P. The molecule has 0 aliphatic rings. The number of phosphoric acid groups is 1. The molecule has 0 aliphatic heterocycles. The molecule has 0 radical (unpaired) electrons. The van der Waals surface area contributed by atoms with Crippen LogP contribution in [0.2, 0.25) is 0 Å². The molecule has 0 amide bonds. The van der Waals surface area contributed by atoms with Gasteiger partial charge in [-0.15, -0.1) is 0 Å². The summed E-state index contributed by atoms with van der Waals surface area (Å²) in [6, 6.07) is 0. The number of unbranched alkanes of at least 4 members (excludes halogenated alkanes) is 38. The molecule has 3 N–H and O–H groups in total. The second-order valence-electron chi connectivity index (χ2n) is 21.6. The van der Waals surface area contributed by atoms with Gasteiger partial charge in [0.1, 0.15) is 6.61 Å². The molecule has 0 heterocycles. The second kappa shape index (κ2) is 61.9. The minimum absolute atomic E-state index is 0.0556. The first-order chi connectivity index (χ1) is 37.3. The Bertz CT molecular complexity index is 1430. The van der Waals surface area contributed by atoms with E-state index in [0.29, 0.717) is 6.42 Å². The molecule has 0 aromatic heterocycles. The smallest absolute Gasteiger partial charge is 0.462 e. The summed E-state index contributed by atoms with van der Waals surface area (Å²) in [7, 11) is -4.38. The number of ether oxygens (including phenoxy) is 2. The molecule has 0 spiro atoms. The molecule has 0 saturated heterocycles. The Morgan fingerprint density at radius 3 is 1.08 bits per heavy atom. The van der Waals surface area contributed by atoms with Crippen LogP contribution in [0.15, 0.2) is 60.8 Å². The van der Waals surface area contributed by atoms with Crippen LogP contribution in [0.4, 0.5) is 0 Å². The van der Waals surface area contributed by atoms with Crippen LogP contribution in [0.5, 0.6) is 0 Å². The van der Waals surface area contributed by atoms with E-state index in [1.807, 2.05) is 0 Å². The van der Waals surface area contributed by atoms with Crippen LogP contribution in [0, 0.1) is 0 Å². The van der Waals surface area contributed by atoms with E-state index >= 15 is 0 Å². The highest BCUT2D eigenvalue weighted by Crippen LogP contribution is 2.43. The number of carbonyl (C=O) groups is 2. The van der Waals surface area contributed by atoms with Gasteiger partial charge in [0, 0.05) is 19.4 Å². The van der Waals surface area contributed by atoms with E-state index in [-0.39, 0.29) is 38.6 Å². The maximum absolute atomic E-state index is 12.7. The zero-order valence-electron chi connectivity index (χ0n) is 49.7. The molecule has 2 atom stereocenters. The van der Waals surface area contributed by atoms with Crippen molar-refractivity contribution in [3.05, 3.63) is 60.8 Å². The summed E-state index contributed by atoms with van der Waals surface area (Å²) >= 11 is 0. The maximum atomic E-state index is 12.7. The zero-order chi connectivity index (χ0) is 55.2. The molecule has 0 aromatic rings. The lowest BCUT2D eigenvalue weighted by atomic mass is 10.0. The fourth-order valence-corrected chi connectivity index (χ4v) is 10.2. The van der Waals surface area contributed by atoms with Crippen molar-refractivity contribution in [1.29, 1.82) is 0 Å². The summed E-state index contributed by atoms with van der Waals surface area (Å²) in [5.74, 6) is -0.809. The first-order valence-corrected chi connectivity index (χ1v) is 33.8. The highest BCUT2D eigenvalue weighted by Gasteiger charge is 2.26. The first kappa shape index (κ1) is 73.7. The quantitative estimate of drug-likeness (QED) is 0.0264. The van der Waals surface area contributed by atoms with Crippen molar-refractivity contribution in [3.8, 4) is 0 Å². The molecular weight excluding hydrogens is 966 g/mol. The lowest BCUT2D eigenvalue weighted by Crippen LogP contribution is -2.29. The van der Waals surface area contributed by atoms with Crippen LogP contribution in [0.25, 0.3) is 0 Å². The molecule has 0 rings (SSSR count). The highest BCUT2D eigenvalue weighted by atomic mass is 31.2. The van der Waals surface area contributed by atoms with Crippen LogP contribution < -0.4 is 5.73 Å². The summed E-state index contributed by atoms with van der Waals surface area (Å²) in [5.41, 5.74) is 5.39. The van der Waals surface area contributed by atoms with Crippen molar-refractivity contribution in [3.63, 3.8) is 0 Å². The Morgan fingerprint density at radius 1 is 0.408 bits per heavy atom. The van der Waals surface area contributed by atoms with E-state index in [0.717, 1.165) is 64.2 Å². The Hall–Kier alpha value is -2.29. The van der Waals surface area contributed by atoms with Gasteiger partial charge in [0.15, 0.2) is 6.10 Å². The van der Waals surface area contributed by atoms with Crippen molar-refractivity contribution in [2.24, 2.45) is 5.73 Å². The van der Waals surface area contributed by atoms with Crippen molar-refractivity contribution < 1.29 is 37.6 Å². The van der Waals surface area contributed by atoms with Gasteiger partial charge in [-0.2, -0.15) is 0 Å². The number of nitrogens with two attached hydrogens (primary N) is 1. The van der Waals surface area contributed by atoms with Gasteiger partial charge in [0.05, 0.1) is 13.2 Å². The van der Waals surface area contributed by atoms with Crippen molar-refractivity contribution in [2.75, 3.05) is 26.4 Å². The van der Waals surface area contributed by atoms with Gasteiger partial charge >= 0.3 is 19.8 Å². The average molecular weight is 1090 g/mol. The lowest BCUT2D eigenvalue weighted by Gasteiger charge is -2.19. The first-order valence-electron chi connectivity index (χ1n) is 32.3. The van der Waals surface area contributed by atoms with Gasteiger partial charge in [0.2, 0.25) is 0 Å². The topological polar surface area (TPSA) is 134 Å². The Labute approximate surface area is 469 Å². The maximum Gasteiger partial charge on any atom is 0.472 e. The van der Waals surface area contributed by atoms with E-state index in [9.17, 15) is 19.0 Å². The largest absolute Gasteiger partial charge is 0.472 e. The summed E-state index contributed by atoms with van der Waals surface area (Å²) < 4.78 is 33.1. The third-order valence-corrected chi connectivity index (χ3v) is 15.2. The number of esters is 2. The molecule has 0 saturated carbocycles. The van der Waals surface area contributed by atoms with Crippen LogP contribution in [-0.2, 0) is 32.7 Å². The van der Waals surface area contributed by atoms with Crippen LogP contribution in [-0.4, -0.2) is 49.3 Å². The Morgan fingerprint density at radius 2 is 0.724 bits per heavy atom. The highest BCUT2D eigenvalue weighted by molar-refractivity contribution is 7.47. The zero-order valence-corrected chi connectivity index (χ0v) is 50.6. The van der Waals surface area contributed by atoms with E-state index in [2.05, 4.69) is 74.6 Å². The number of rotatable bonds is 61. The molecule has 0 fully saturated rings. The van der Waals surface area contributed by atoms with Crippen LogP contribution in [0.1, 0.15) is 316 Å². The fourth-order valence-electron chi connectivity index (χ4n) is 9.43. The van der Waals surface area contributed by atoms with Gasteiger partial charge in [-0.25, -0.2) is 4.57 Å². The van der Waals surface area contributed by atoms with Gasteiger partial charge in [0.25, 0.3) is 0 Å². The van der Waals surface area contributed by atoms with Gasteiger partial charge < -0.3 is 20.1 Å². The molecule has 444 valence electrons. The van der Waals surface area contributed by atoms with Crippen LogP contribution in [0.3, 0.4) is 0 Å². The molecule has 0 bridgehead atoms. The van der Waals surface area contributed by atoms with Gasteiger partial charge in [-0.05, 0) is 57.8 Å². The number of phosphoric ester groups is 1. The van der Waals surface area contributed by atoms with E-state index in [1.54, 1.807) is 0 Å². The van der Waals surface area contributed by atoms with Gasteiger partial charge in [-0.1, -0.05) is 306 Å². The average Bonchev–Trinajstić information content (AvgIpc) is 3.41. The third kappa shape index (κ3) is 60.9. The lowest BCUT2D eigenvalue weighted by molar-refractivity contribution is -0.161. The van der Waals surface area contributed by atoms with Crippen LogP contribution >= 0.6 is 7.82 Å². The van der Waals surface area contributed by atoms with E-state index in [4.69, 9.17) is 24.3 Å².